The summed E-state index contributed by atoms with van der Waals surface area (Å²) in [5, 5.41) is 9.29. The molecule has 0 radical (unpaired) electrons. The zero-order chi connectivity index (χ0) is 11.3. The molecule has 0 aliphatic rings. The Kier molecular flexibility index (Phi) is 4.38. The summed E-state index contributed by atoms with van der Waals surface area (Å²) in [6.07, 6.45) is 2.10. The van der Waals surface area contributed by atoms with Gasteiger partial charge in [-0.05, 0) is 12.5 Å². The van der Waals surface area contributed by atoms with Gasteiger partial charge in [0.25, 0.3) is 5.91 Å². The summed E-state index contributed by atoms with van der Waals surface area (Å²) in [6.45, 7) is 0.144. The van der Waals surface area contributed by atoms with Gasteiger partial charge in [0.1, 0.15) is 0 Å². The molecule has 1 rings (SSSR count). The third kappa shape index (κ3) is 3.41. The van der Waals surface area contributed by atoms with Gasteiger partial charge in [-0.1, -0.05) is 0 Å². The third-order valence-corrected chi connectivity index (χ3v) is 2.74. The van der Waals surface area contributed by atoms with E-state index >= 15 is 0 Å². The summed E-state index contributed by atoms with van der Waals surface area (Å²) >= 11 is 1.45. The molecule has 1 aromatic rings. The number of hydrogen-bond donors (Lipinski definition) is 3. The van der Waals surface area contributed by atoms with Crippen molar-refractivity contribution < 1.29 is 9.90 Å². The molecule has 6 heteroatoms. The second-order valence-corrected chi connectivity index (χ2v) is 4.01. The van der Waals surface area contributed by atoms with E-state index in [9.17, 15) is 4.79 Å². The summed E-state index contributed by atoms with van der Waals surface area (Å²) in [4.78, 5) is 15.0. The first-order valence-corrected chi connectivity index (χ1v) is 5.42. The average Bonchev–Trinajstić information content (AvgIpc) is 2.20. The average molecular weight is 227 g/mol. The predicted molar refractivity (Wildman–Crippen MR) is 59.6 cm³/mol. The van der Waals surface area contributed by atoms with Gasteiger partial charge in [-0.15, -0.1) is 11.8 Å². The molecule has 0 aliphatic carbocycles. The largest absolute Gasteiger partial charge is 0.397 e. The van der Waals surface area contributed by atoms with Crippen molar-refractivity contribution in [3.63, 3.8) is 0 Å². The molecule has 0 spiro atoms. The van der Waals surface area contributed by atoms with E-state index in [0.29, 0.717) is 11.4 Å². The molecule has 0 aromatic carbocycles. The normalized spacial score (nSPS) is 10.2. The number of nitrogen functional groups attached to an aromatic ring is 1. The molecule has 0 unspecified atom stereocenters. The van der Waals surface area contributed by atoms with Gasteiger partial charge >= 0.3 is 0 Å². The highest BCUT2D eigenvalue weighted by Gasteiger charge is 2.07. The molecule has 1 aromatic heterocycles. The van der Waals surface area contributed by atoms with Gasteiger partial charge in [0.15, 0.2) is 0 Å². The van der Waals surface area contributed by atoms with Crippen LogP contribution in [0.15, 0.2) is 17.3 Å². The summed E-state index contributed by atoms with van der Waals surface area (Å²) in [7, 11) is 0. The van der Waals surface area contributed by atoms with Crippen LogP contribution < -0.4 is 11.5 Å². The van der Waals surface area contributed by atoms with Gasteiger partial charge in [-0.25, -0.2) is 4.98 Å². The van der Waals surface area contributed by atoms with E-state index in [2.05, 4.69) is 4.98 Å². The van der Waals surface area contributed by atoms with Gasteiger partial charge in [0, 0.05) is 12.4 Å². The highest BCUT2D eigenvalue weighted by atomic mass is 32.2. The molecule has 15 heavy (non-hydrogen) atoms. The number of pyridine rings is 1. The van der Waals surface area contributed by atoms with Crippen LogP contribution in [0, 0.1) is 0 Å². The smallest absolute Gasteiger partial charge is 0.250 e. The van der Waals surface area contributed by atoms with Crippen molar-refractivity contribution in [1.82, 2.24) is 4.98 Å². The topological polar surface area (TPSA) is 102 Å². The second kappa shape index (κ2) is 5.57. The number of anilines is 1. The van der Waals surface area contributed by atoms with E-state index in [1.165, 1.54) is 18.0 Å². The Hall–Kier alpha value is -1.27. The van der Waals surface area contributed by atoms with Crippen LogP contribution in [0.4, 0.5) is 5.69 Å². The first-order chi connectivity index (χ1) is 7.15. The van der Waals surface area contributed by atoms with Crippen molar-refractivity contribution in [3.8, 4) is 0 Å². The second-order valence-electron chi connectivity index (χ2n) is 2.90. The van der Waals surface area contributed by atoms with Crippen molar-refractivity contribution in [3.05, 3.63) is 17.8 Å². The van der Waals surface area contributed by atoms with Crippen LogP contribution in [0.5, 0.6) is 0 Å². The Morgan fingerprint density at radius 2 is 2.33 bits per heavy atom. The van der Waals surface area contributed by atoms with Gasteiger partial charge in [0.2, 0.25) is 0 Å². The number of nitrogens with two attached hydrogens (primary N) is 2. The van der Waals surface area contributed by atoms with E-state index < -0.39 is 5.91 Å². The summed E-state index contributed by atoms with van der Waals surface area (Å²) < 4.78 is 0. The minimum atomic E-state index is -0.557. The molecule has 1 amide bonds. The van der Waals surface area contributed by atoms with Crippen LogP contribution in [0.2, 0.25) is 0 Å². The first-order valence-electron chi connectivity index (χ1n) is 4.44. The molecule has 5 N–H and O–H groups in total. The lowest BCUT2D eigenvalue weighted by atomic mass is 10.2. The van der Waals surface area contributed by atoms with Crippen LogP contribution in [-0.4, -0.2) is 28.4 Å². The highest BCUT2D eigenvalue weighted by Crippen LogP contribution is 2.20. The number of aliphatic hydroxyl groups is 1. The molecular weight excluding hydrogens is 214 g/mol. The number of carbonyl (C=O) groups is 1. The summed E-state index contributed by atoms with van der Waals surface area (Å²) in [6, 6.07) is 1.57. The van der Waals surface area contributed by atoms with Gasteiger partial charge in [-0.2, -0.15) is 0 Å². The molecule has 0 saturated carbocycles. The molecule has 1 heterocycles. The molecule has 0 atom stereocenters. The van der Waals surface area contributed by atoms with Crippen LogP contribution in [0.25, 0.3) is 0 Å². The van der Waals surface area contributed by atoms with Crippen molar-refractivity contribution >= 4 is 23.4 Å². The quantitative estimate of drug-likeness (QED) is 0.494. The van der Waals surface area contributed by atoms with Crippen LogP contribution in [0.1, 0.15) is 16.8 Å². The zero-order valence-corrected chi connectivity index (χ0v) is 8.96. The van der Waals surface area contributed by atoms with Crippen molar-refractivity contribution in [2.24, 2.45) is 5.73 Å². The standard InChI is InChI=1S/C9H13N3O2S/c10-7-5-12-8(15-3-1-2-13)4-6(7)9(11)14/h4-5,13H,1-3,10H2,(H2,11,14). The maximum Gasteiger partial charge on any atom is 0.250 e. The van der Waals surface area contributed by atoms with Crippen molar-refractivity contribution in [2.45, 2.75) is 11.4 Å². The number of nitrogens with zero attached hydrogens (tertiary/aromatic N) is 1. The summed E-state index contributed by atoms with van der Waals surface area (Å²) in [5.74, 6) is 0.185. The monoisotopic (exact) mass is 227 g/mol. The number of amides is 1. The van der Waals surface area contributed by atoms with Crippen molar-refractivity contribution in [1.29, 1.82) is 0 Å². The third-order valence-electron chi connectivity index (χ3n) is 1.73. The fraction of sp³-hybridized carbons (Fsp3) is 0.333. The molecule has 82 valence electrons. The fourth-order valence-electron chi connectivity index (χ4n) is 0.980. The number of aliphatic hydroxyl groups excluding tert-OH is 1. The number of rotatable bonds is 5. The number of aromatic nitrogens is 1. The Morgan fingerprint density at radius 1 is 1.60 bits per heavy atom. The minimum Gasteiger partial charge on any atom is -0.397 e. The first kappa shape index (κ1) is 11.8. The Balaban J connectivity index is 2.74. The van der Waals surface area contributed by atoms with E-state index in [1.807, 2.05) is 0 Å². The Morgan fingerprint density at radius 3 is 2.93 bits per heavy atom. The molecule has 0 fully saturated rings. The highest BCUT2D eigenvalue weighted by molar-refractivity contribution is 7.99. The molecule has 0 bridgehead atoms. The lowest BCUT2D eigenvalue weighted by Gasteiger charge is -2.04. The van der Waals surface area contributed by atoms with Gasteiger partial charge < -0.3 is 16.6 Å². The number of thioether (sulfide) groups is 1. The van der Waals surface area contributed by atoms with Gasteiger partial charge in [0.05, 0.1) is 22.5 Å². The zero-order valence-electron chi connectivity index (χ0n) is 8.14. The minimum absolute atomic E-state index is 0.144. The predicted octanol–water partition coefficient (Wildman–Crippen LogP) is 0.237. The van der Waals surface area contributed by atoms with E-state index in [-0.39, 0.29) is 17.9 Å². The van der Waals surface area contributed by atoms with E-state index in [1.54, 1.807) is 6.07 Å². The molecule has 0 aliphatic heterocycles. The van der Waals surface area contributed by atoms with Crippen LogP contribution in [0.3, 0.4) is 0 Å². The Bertz CT molecular complexity index is 357. The lowest BCUT2D eigenvalue weighted by molar-refractivity contribution is 0.100. The number of carbonyl (C=O) groups excluding carboxylic acids is 1. The van der Waals surface area contributed by atoms with E-state index in [4.69, 9.17) is 16.6 Å². The van der Waals surface area contributed by atoms with Crippen molar-refractivity contribution in [2.75, 3.05) is 18.1 Å². The lowest BCUT2D eigenvalue weighted by Crippen LogP contribution is -2.13. The molecule has 5 nitrogen and oxygen atoms in total. The van der Waals surface area contributed by atoms with Crippen LogP contribution >= 0.6 is 11.8 Å². The maximum atomic E-state index is 11.0. The molecular formula is C9H13N3O2S. The Labute approximate surface area is 91.9 Å². The van der Waals surface area contributed by atoms with Crippen LogP contribution in [-0.2, 0) is 0 Å². The number of primary amides is 1. The fourth-order valence-corrected chi connectivity index (χ4v) is 1.79. The van der Waals surface area contributed by atoms with E-state index in [0.717, 1.165) is 5.75 Å². The molecule has 0 saturated heterocycles. The SMILES string of the molecule is NC(=O)c1cc(SCCCO)ncc1N. The summed E-state index contributed by atoms with van der Waals surface area (Å²) in [5.41, 5.74) is 11.2. The number of hydrogen-bond acceptors (Lipinski definition) is 5. The van der Waals surface area contributed by atoms with Gasteiger partial charge in [-0.3, -0.25) is 4.79 Å². The maximum absolute atomic E-state index is 11.0.